The van der Waals surface area contributed by atoms with Crippen LogP contribution in [0.1, 0.15) is 84.3 Å². The Morgan fingerprint density at radius 1 is 1.05 bits per heavy atom. The molecular formula is C18H33BrN2O. The Kier molecular flexibility index (Phi) is 8.52. The van der Waals surface area contributed by atoms with E-state index >= 15 is 0 Å². The quantitative estimate of drug-likeness (QED) is 0.430. The molecule has 1 atom stereocenters. The van der Waals surface area contributed by atoms with E-state index < -0.39 is 0 Å². The Morgan fingerprint density at radius 2 is 1.64 bits per heavy atom. The third-order valence-corrected chi connectivity index (χ3v) is 5.14. The molecule has 0 amide bonds. The first-order chi connectivity index (χ1) is 10.5. The van der Waals surface area contributed by atoms with Crippen LogP contribution in [0.5, 0.6) is 5.75 Å². The molecule has 1 heterocycles. The molecule has 0 aliphatic carbocycles. The van der Waals surface area contributed by atoms with Crippen molar-refractivity contribution in [2.24, 2.45) is 0 Å². The molecule has 0 spiro atoms. The second-order valence-corrected chi connectivity index (χ2v) is 7.34. The van der Waals surface area contributed by atoms with Gasteiger partial charge in [-0.25, -0.2) is 0 Å². The van der Waals surface area contributed by atoms with Crippen molar-refractivity contribution in [3.63, 3.8) is 0 Å². The highest BCUT2D eigenvalue weighted by molar-refractivity contribution is 9.10. The molecule has 0 aliphatic rings. The molecule has 0 saturated heterocycles. The summed E-state index contributed by atoms with van der Waals surface area (Å²) < 4.78 is 8.50. The first kappa shape index (κ1) is 19.5. The Bertz CT molecular complexity index is 445. The van der Waals surface area contributed by atoms with E-state index in [4.69, 9.17) is 9.84 Å². The largest absolute Gasteiger partial charge is 0.492 e. The van der Waals surface area contributed by atoms with Gasteiger partial charge >= 0.3 is 0 Å². The monoisotopic (exact) mass is 372 g/mol. The van der Waals surface area contributed by atoms with E-state index in [1.54, 1.807) is 7.11 Å². The molecule has 1 aromatic heterocycles. The number of rotatable bonds is 11. The van der Waals surface area contributed by atoms with Crippen LogP contribution in [0, 0.1) is 6.92 Å². The van der Waals surface area contributed by atoms with Crippen LogP contribution < -0.4 is 4.74 Å². The van der Waals surface area contributed by atoms with E-state index in [0.717, 1.165) is 16.0 Å². The lowest BCUT2D eigenvalue weighted by Gasteiger charge is -2.32. The third kappa shape index (κ3) is 5.00. The van der Waals surface area contributed by atoms with Crippen molar-refractivity contribution >= 4 is 15.9 Å². The molecule has 0 N–H and O–H groups in total. The van der Waals surface area contributed by atoms with Crippen molar-refractivity contribution in [1.82, 2.24) is 9.78 Å². The van der Waals surface area contributed by atoms with Crippen molar-refractivity contribution in [1.29, 1.82) is 0 Å². The van der Waals surface area contributed by atoms with Gasteiger partial charge in [0.2, 0.25) is 0 Å². The molecule has 0 aliphatic heterocycles. The fourth-order valence-electron chi connectivity index (χ4n) is 3.21. The molecule has 1 rings (SSSR count). The maximum absolute atomic E-state index is 5.48. The second kappa shape index (κ2) is 9.59. The van der Waals surface area contributed by atoms with Crippen molar-refractivity contribution in [3.05, 3.63) is 10.3 Å². The van der Waals surface area contributed by atoms with Crippen LogP contribution in [0.4, 0.5) is 0 Å². The maximum Gasteiger partial charge on any atom is 0.174 e. The first-order valence-electron chi connectivity index (χ1n) is 8.79. The van der Waals surface area contributed by atoms with E-state index in [9.17, 15) is 0 Å². The Labute approximate surface area is 144 Å². The van der Waals surface area contributed by atoms with Crippen molar-refractivity contribution < 1.29 is 4.74 Å². The lowest BCUT2D eigenvalue weighted by Crippen LogP contribution is -2.32. The smallest absolute Gasteiger partial charge is 0.174 e. The Hall–Kier alpha value is -0.510. The highest BCUT2D eigenvalue weighted by atomic mass is 79.9. The SMILES string of the molecule is CCCCCCCC(C)(CCCC)n1nc(Br)c(OC)c1C. The second-order valence-electron chi connectivity index (χ2n) is 6.59. The van der Waals surface area contributed by atoms with Crippen LogP contribution in [-0.2, 0) is 5.54 Å². The van der Waals surface area contributed by atoms with E-state index in [0.29, 0.717) is 0 Å². The highest BCUT2D eigenvalue weighted by Gasteiger charge is 2.30. The fraction of sp³-hybridized carbons (Fsp3) is 0.833. The number of methoxy groups -OCH3 is 1. The van der Waals surface area contributed by atoms with E-state index in [-0.39, 0.29) is 5.54 Å². The number of hydrogen-bond donors (Lipinski definition) is 0. The molecule has 0 radical (unpaired) electrons. The van der Waals surface area contributed by atoms with Crippen molar-refractivity contribution in [2.45, 2.75) is 91.0 Å². The summed E-state index contributed by atoms with van der Waals surface area (Å²) in [6, 6.07) is 0. The van der Waals surface area contributed by atoms with Gasteiger partial charge in [0, 0.05) is 0 Å². The highest BCUT2D eigenvalue weighted by Crippen LogP contribution is 2.36. The Morgan fingerprint density at radius 3 is 2.18 bits per heavy atom. The number of hydrogen-bond acceptors (Lipinski definition) is 2. The summed E-state index contributed by atoms with van der Waals surface area (Å²) in [7, 11) is 1.72. The lowest BCUT2D eigenvalue weighted by atomic mass is 9.88. The average molecular weight is 373 g/mol. The zero-order valence-corrected chi connectivity index (χ0v) is 16.6. The zero-order chi connectivity index (χ0) is 16.6. The normalized spacial score (nSPS) is 14.1. The minimum Gasteiger partial charge on any atom is -0.492 e. The molecule has 1 aromatic rings. The van der Waals surface area contributed by atoms with Gasteiger partial charge in [0.25, 0.3) is 0 Å². The predicted octanol–water partition coefficient (Wildman–Crippen LogP) is 6.23. The summed E-state index contributed by atoms with van der Waals surface area (Å²) in [6.07, 6.45) is 11.4. The van der Waals surface area contributed by atoms with Crippen LogP contribution in [0.2, 0.25) is 0 Å². The van der Waals surface area contributed by atoms with Crippen molar-refractivity contribution in [3.8, 4) is 5.75 Å². The van der Waals surface area contributed by atoms with Crippen LogP contribution >= 0.6 is 15.9 Å². The predicted molar refractivity (Wildman–Crippen MR) is 97.8 cm³/mol. The fourth-order valence-corrected chi connectivity index (χ4v) is 3.82. The van der Waals surface area contributed by atoms with Gasteiger partial charge in [-0.3, -0.25) is 4.68 Å². The van der Waals surface area contributed by atoms with E-state index in [1.165, 1.54) is 57.8 Å². The van der Waals surface area contributed by atoms with E-state index in [2.05, 4.69) is 48.3 Å². The van der Waals surface area contributed by atoms with Crippen LogP contribution in [0.25, 0.3) is 0 Å². The summed E-state index contributed by atoms with van der Waals surface area (Å²) >= 11 is 3.53. The van der Waals surface area contributed by atoms with Gasteiger partial charge < -0.3 is 4.74 Å². The number of halogens is 1. The molecule has 128 valence electrons. The average Bonchev–Trinajstić information content (AvgIpc) is 2.80. The van der Waals surface area contributed by atoms with E-state index in [1.807, 2.05) is 0 Å². The van der Waals surface area contributed by atoms with Gasteiger partial charge in [0.1, 0.15) is 0 Å². The molecule has 22 heavy (non-hydrogen) atoms. The summed E-state index contributed by atoms with van der Waals surface area (Å²) in [5, 5.41) is 4.73. The standard InChI is InChI=1S/C18H33BrN2O/c1-6-8-10-11-12-14-18(4,13-9-7-2)21-15(3)16(22-5)17(19)20-21/h6-14H2,1-5H3. The third-order valence-electron chi connectivity index (χ3n) is 4.62. The van der Waals surface area contributed by atoms with Gasteiger partial charge in [0.05, 0.1) is 18.3 Å². The minimum atomic E-state index is 0.0889. The molecular weight excluding hydrogens is 340 g/mol. The molecule has 0 bridgehead atoms. The number of unbranched alkanes of at least 4 members (excludes halogenated alkanes) is 5. The number of aromatic nitrogens is 2. The summed E-state index contributed by atoms with van der Waals surface area (Å²) in [5.41, 5.74) is 1.22. The molecule has 0 saturated carbocycles. The summed E-state index contributed by atoms with van der Waals surface area (Å²) in [5.74, 6) is 0.869. The van der Waals surface area contributed by atoms with Crippen LogP contribution in [0.3, 0.4) is 0 Å². The Balaban J connectivity index is 2.86. The first-order valence-corrected chi connectivity index (χ1v) is 9.59. The van der Waals surface area contributed by atoms with Gasteiger partial charge in [0.15, 0.2) is 10.4 Å². The van der Waals surface area contributed by atoms with Crippen LogP contribution in [-0.4, -0.2) is 16.9 Å². The van der Waals surface area contributed by atoms with Gasteiger partial charge in [-0.05, 0) is 42.6 Å². The van der Waals surface area contributed by atoms with Gasteiger partial charge in [-0.2, -0.15) is 5.10 Å². The van der Waals surface area contributed by atoms with Crippen LogP contribution in [0.15, 0.2) is 4.60 Å². The molecule has 0 fully saturated rings. The minimum absolute atomic E-state index is 0.0889. The van der Waals surface area contributed by atoms with Gasteiger partial charge in [-0.1, -0.05) is 58.8 Å². The molecule has 4 heteroatoms. The number of ether oxygens (including phenoxy) is 1. The molecule has 0 aromatic carbocycles. The number of nitrogens with zero attached hydrogens (tertiary/aromatic N) is 2. The molecule has 3 nitrogen and oxygen atoms in total. The molecule has 1 unspecified atom stereocenters. The summed E-state index contributed by atoms with van der Waals surface area (Å²) in [6.45, 7) is 8.99. The lowest BCUT2D eigenvalue weighted by molar-refractivity contribution is 0.223. The maximum atomic E-state index is 5.48. The summed E-state index contributed by atoms with van der Waals surface area (Å²) in [4.78, 5) is 0. The topological polar surface area (TPSA) is 27.1 Å². The zero-order valence-electron chi connectivity index (χ0n) is 15.0. The van der Waals surface area contributed by atoms with Gasteiger partial charge in [-0.15, -0.1) is 0 Å². The van der Waals surface area contributed by atoms with Crippen molar-refractivity contribution in [2.75, 3.05) is 7.11 Å².